The summed E-state index contributed by atoms with van der Waals surface area (Å²) in [5.41, 5.74) is 2.42. The zero-order valence-electron chi connectivity index (χ0n) is 19.5. The van der Waals surface area contributed by atoms with Gasteiger partial charge in [0.05, 0.1) is 16.3 Å². The summed E-state index contributed by atoms with van der Waals surface area (Å²) >= 11 is 1.20. The number of nitrogens with one attached hydrogen (secondary N) is 1. The highest BCUT2D eigenvalue weighted by Crippen LogP contribution is 2.34. The zero-order chi connectivity index (χ0) is 25.2. The molecule has 4 rings (SSSR count). The predicted octanol–water partition coefficient (Wildman–Crippen LogP) is 2.43. The summed E-state index contributed by atoms with van der Waals surface area (Å²) in [4.78, 5) is 36.5. The Morgan fingerprint density at radius 3 is 2.57 bits per heavy atom. The summed E-state index contributed by atoms with van der Waals surface area (Å²) in [6.07, 6.45) is 1.19. The minimum absolute atomic E-state index is 0.0477. The Morgan fingerprint density at radius 2 is 1.89 bits per heavy atom. The summed E-state index contributed by atoms with van der Waals surface area (Å²) in [5, 5.41) is 8.41. The number of para-hydroxylation sites is 1. The summed E-state index contributed by atoms with van der Waals surface area (Å²) in [6, 6.07) is 13.3. The molecule has 0 fully saturated rings. The molecular formula is C24H27N5O4S2. The predicted molar refractivity (Wildman–Crippen MR) is 137 cm³/mol. The molecular weight excluding hydrogens is 486 g/mol. The van der Waals surface area contributed by atoms with Crippen molar-refractivity contribution < 1.29 is 18.0 Å². The number of nitrogens with zero attached hydrogens (tertiary/aromatic N) is 3. The molecule has 0 aromatic heterocycles. The van der Waals surface area contributed by atoms with E-state index in [0.717, 1.165) is 16.8 Å². The lowest BCUT2D eigenvalue weighted by Gasteiger charge is -2.25. The summed E-state index contributed by atoms with van der Waals surface area (Å²) in [5.74, 6) is 0.702. The van der Waals surface area contributed by atoms with Crippen LogP contribution in [0.1, 0.15) is 31.4 Å². The van der Waals surface area contributed by atoms with E-state index in [1.807, 2.05) is 24.3 Å². The molecule has 0 radical (unpaired) electrons. The van der Waals surface area contributed by atoms with Crippen LogP contribution in [0.15, 0.2) is 63.4 Å². The quantitative estimate of drug-likeness (QED) is 0.559. The SMILES string of the molecule is CC(C)C[C@H]1N=C2c3ccccc3N=C(SCC(=O)NCCc3ccc(S(N)(=O)=O)cc3)N2C1=O. The van der Waals surface area contributed by atoms with Crippen LogP contribution in [-0.2, 0) is 26.0 Å². The lowest BCUT2D eigenvalue weighted by atomic mass is 10.0. The highest BCUT2D eigenvalue weighted by Gasteiger charge is 2.41. The van der Waals surface area contributed by atoms with Gasteiger partial charge in [-0.2, -0.15) is 0 Å². The van der Waals surface area contributed by atoms with E-state index in [-0.39, 0.29) is 22.5 Å². The van der Waals surface area contributed by atoms with Crippen LogP contribution in [0.25, 0.3) is 0 Å². The number of carbonyl (C=O) groups is 2. The molecule has 2 aromatic carbocycles. The first-order chi connectivity index (χ1) is 16.6. The van der Waals surface area contributed by atoms with Crippen LogP contribution in [0.3, 0.4) is 0 Å². The van der Waals surface area contributed by atoms with E-state index >= 15 is 0 Å². The fraction of sp³-hybridized carbons (Fsp3) is 0.333. The largest absolute Gasteiger partial charge is 0.355 e. The van der Waals surface area contributed by atoms with E-state index in [1.165, 1.54) is 23.9 Å². The molecule has 0 saturated heterocycles. The number of hydrogen-bond donors (Lipinski definition) is 2. The molecule has 0 unspecified atom stereocenters. The summed E-state index contributed by atoms with van der Waals surface area (Å²) < 4.78 is 22.7. The van der Waals surface area contributed by atoms with Gasteiger partial charge in [0.2, 0.25) is 15.9 Å². The first kappa shape index (κ1) is 25.1. The maximum Gasteiger partial charge on any atom is 0.259 e. The topological polar surface area (TPSA) is 134 Å². The van der Waals surface area contributed by atoms with Crippen LogP contribution in [-0.4, -0.2) is 54.5 Å². The minimum Gasteiger partial charge on any atom is -0.355 e. The molecule has 0 saturated carbocycles. The molecule has 1 atom stereocenters. The lowest BCUT2D eigenvalue weighted by molar-refractivity contribution is -0.125. The van der Waals surface area contributed by atoms with Crippen molar-refractivity contribution in [1.82, 2.24) is 10.2 Å². The van der Waals surface area contributed by atoms with Gasteiger partial charge in [-0.3, -0.25) is 14.6 Å². The molecule has 2 amide bonds. The monoisotopic (exact) mass is 513 g/mol. The second kappa shape index (κ2) is 10.3. The van der Waals surface area contributed by atoms with Gasteiger partial charge < -0.3 is 5.32 Å². The van der Waals surface area contributed by atoms with Gasteiger partial charge in [-0.25, -0.2) is 23.4 Å². The number of nitrogens with two attached hydrogens (primary N) is 1. The van der Waals surface area contributed by atoms with Crippen molar-refractivity contribution in [2.45, 2.75) is 37.6 Å². The second-order valence-corrected chi connectivity index (χ2v) is 11.3. The van der Waals surface area contributed by atoms with E-state index in [0.29, 0.717) is 36.3 Å². The highest BCUT2D eigenvalue weighted by atomic mass is 32.2. The number of thioether (sulfide) groups is 1. The van der Waals surface area contributed by atoms with Crippen LogP contribution in [0.4, 0.5) is 5.69 Å². The Morgan fingerprint density at radius 1 is 1.17 bits per heavy atom. The summed E-state index contributed by atoms with van der Waals surface area (Å²) in [7, 11) is -3.73. The number of benzene rings is 2. The number of carbonyl (C=O) groups excluding carboxylic acids is 2. The zero-order valence-corrected chi connectivity index (χ0v) is 21.1. The number of hydrogen-bond acceptors (Lipinski definition) is 7. The van der Waals surface area contributed by atoms with Crippen LogP contribution in [0.2, 0.25) is 0 Å². The Labute approximate surface area is 209 Å². The van der Waals surface area contributed by atoms with Gasteiger partial charge in [0.25, 0.3) is 5.91 Å². The smallest absolute Gasteiger partial charge is 0.259 e. The third-order valence-electron chi connectivity index (χ3n) is 5.56. The van der Waals surface area contributed by atoms with Crippen molar-refractivity contribution in [3.05, 3.63) is 59.7 Å². The number of rotatable bonds is 8. The van der Waals surface area contributed by atoms with Crippen LogP contribution >= 0.6 is 11.8 Å². The average Bonchev–Trinajstić information content (AvgIpc) is 3.13. The van der Waals surface area contributed by atoms with Gasteiger partial charge in [0.1, 0.15) is 11.9 Å². The molecule has 2 aliphatic heterocycles. The van der Waals surface area contributed by atoms with E-state index in [9.17, 15) is 18.0 Å². The standard InChI is InChI=1S/C24H27N5O4S2/c1-15(2)13-20-23(31)29-22(27-20)18-5-3-4-6-19(18)28-24(29)34-14-21(30)26-12-11-16-7-9-17(10-8-16)35(25,32)33/h3-10,15,20H,11-14H2,1-2H3,(H,26,30)(H2,25,32,33)/t20-/m1/s1. The van der Waals surface area contributed by atoms with Gasteiger partial charge in [0.15, 0.2) is 5.17 Å². The normalized spacial score (nSPS) is 17.1. The van der Waals surface area contributed by atoms with Crippen molar-refractivity contribution >= 4 is 50.3 Å². The Hall–Kier alpha value is -3.02. The van der Waals surface area contributed by atoms with Crippen molar-refractivity contribution in [3.8, 4) is 0 Å². The Kier molecular flexibility index (Phi) is 7.39. The van der Waals surface area contributed by atoms with E-state index in [4.69, 9.17) is 10.1 Å². The van der Waals surface area contributed by atoms with Crippen LogP contribution in [0, 0.1) is 5.92 Å². The molecule has 2 aliphatic rings. The van der Waals surface area contributed by atoms with Crippen molar-refractivity contribution in [2.75, 3.05) is 12.3 Å². The third kappa shape index (κ3) is 5.80. The molecule has 9 nitrogen and oxygen atoms in total. The van der Waals surface area contributed by atoms with Gasteiger partial charge in [-0.1, -0.05) is 49.9 Å². The number of fused-ring (bicyclic) bond motifs is 3. The van der Waals surface area contributed by atoms with Crippen LogP contribution < -0.4 is 10.5 Å². The van der Waals surface area contributed by atoms with Crippen molar-refractivity contribution in [3.63, 3.8) is 0 Å². The second-order valence-electron chi connectivity index (χ2n) is 8.76. The number of amides is 2. The molecule has 0 spiro atoms. The van der Waals surface area contributed by atoms with Crippen LogP contribution in [0.5, 0.6) is 0 Å². The molecule has 35 heavy (non-hydrogen) atoms. The van der Waals surface area contributed by atoms with Gasteiger partial charge in [-0.15, -0.1) is 0 Å². The lowest BCUT2D eigenvalue weighted by Crippen LogP contribution is -2.42. The van der Waals surface area contributed by atoms with Gasteiger partial charge >= 0.3 is 0 Å². The highest BCUT2D eigenvalue weighted by molar-refractivity contribution is 8.14. The molecule has 3 N–H and O–H groups in total. The maximum absolute atomic E-state index is 13.1. The van der Waals surface area contributed by atoms with E-state index in [1.54, 1.807) is 17.0 Å². The number of amidine groups is 2. The molecule has 0 bridgehead atoms. The Balaban J connectivity index is 1.37. The molecule has 184 valence electrons. The minimum atomic E-state index is -3.73. The van der Waals surface area contributed by atoms with Gasteiger partial charge in [0, 0.05) is 12.1 Å². The van der Waals surface area contributed by atoms with E-state index in [2.05, 4.69) is 24.2 Å². The molecule has 0 aliphatic carbocycles. The molecule has 2 aromatic rings. The molecule has 11 heteroatoms. The van der Waals surface area contributed by atoms with Crippen molar-refractivity contribution in [1.29, 1.82) is 0 Å². The number of sulfonamides is 1. The first-order valence-corrected chi connectivity index (χ1v) is 13.8. The maximum atomic E-state index is 13.1. The van der Waals surface area contributed by atoms with Crippen molar-refractivity contribution in [2.24, 2.45) is 21.0 Å². The fourth-order valence-electron chi connectivity index (χ4n) is 3.87. The first-order valence-electron chi connectivity index (χ1n) is 11.2. The number of primary sulfonamides is 1. The number of aliphatic imine (C=N–C) groups is 2. The Bertz CT molecular complexity index is 1300. The summed E-state index contributed by atoms with van der Waals surface area (Å²) in [6.45, 7) is 4.50. The van der Waals surface area contributed by atoms with Gasteiger partial charge in [-0.05, 0) is 48.6 Å². The fourth-order valence-corrected chi connectivity index (χ4v) is 5.22. The third-order valence-corrected chi connectivity index (χ3v) is 7.43. The average molecular weight is 514 g/mol. The van der Waals surface area contributed by atoms with E-state index < -0.39 is 16.1 Å². The molecule has 2 heterocycles.